The molecule has 0 aliphatic carbocycles. The second kappa shape index (κ2) is 8.35. The monoisotopic (exact) mass is 355 g/mol. The number of hydrogen-bond acceptors (Lipinski definition) is 4. The van der Waals surface area contributed by atoms with Crippen LogP contribution in [0.3, 0.4) is 0 Å². The van der Waals surface area contributed by atoms with Crippen molar-refractivity contribution in [2.75, 3.05) is 18.6 Å². The van der Waals surface area contributed by atoms with Gasteiger partial charge in [-0.25, -0.2) is 0 Å². The van der Waals surface area contributed by atoms with Gasteiger partial charge < -0.3 is 20.7 Å². The van der Waals surface area contributed by atoms with E-state index in [0.717, 1.165) is 12.1 Å². The Balaban J connectivity index is 0.00000288. The Hall–Kier alpha value is -1.79. The Kier molecular flexibility index (Phi) is 7.05. The first kappa shape index (κ1) is 20.3. The van der Waals surface area contributed by atoms with E-state index in [1.807, 2.05) is 31.2 Å². The molecule has 1 saturated heterocycles. The number of nitrogens with zero attached hydrogens (tertiary/aromatic N) is 1. The topological polar surface area (TPSA) is 84.7 Å². The van der Waals surface area contributed by atoms with E-state index in [0.29, 0.717) is 25.1 Å². The number of ether oxygens (including phenoxy) is 1. The van der Waals surface area contributed by atoms with Crippen LogP contribution in [-0.2, 0) is 9.59 Å². The molecule has 2 unspecified atom stereocenters. The fraction of sp³-hybridized carbons (Fsp3) is 0.529. The molecule has 1 aliphatic rings. The van der Waals surface area contributed by atoms with Gasteiger partial charge in [-0.3, -0.25) is 9.59 Å². The normalized spacial score (nSPS) is 19.4. The quantitative estimate of drug-likeness (QED) is 0.815. The Morgan fingerprint density at radius 2 is 2.12 bits per heavy atom. The highest BCUT2D eigenvalue weighted by Crippen LogP contribution is 2.31. The summed E-state index contributed by atoms with van der Waals surface area (Å²) in [6.07, 6.45) is 1.95. The highest BCUT2D eigenvalue weighted by atomic mass is 35.5. The molecular formula is C17H26ClN3O3. The van der Waals surface area contributed by atoms with Gasteiger partial charge in [-0.05, 0) is 31.9 Å². The zero-order chi connectivity index (χ0) is 17.0. The fourth-order valence-electron chi connectivity index (χ4n) is 2.86. The summed E-state index contributed by atoms with van der Waals surface area (Å²) in [4.78, 5) is 26.6. The van der Waals surface area contributed by atoms with E-state index in [4.69, 9.17) is 10.5 Å². The lowest BCUT2D eigenvalue weighted by Crippen LogP contribution is -2.55. The summed E-state index contributed by atoms with van der Waals surface area (Å²) >= 11 is 0. The van der Waals surface area contributed by atoms with Crippen LogP contribution >= 0.6 is 12.4 Å². The molecule has 1 aromatic rings. The van der Waals surface area contributed by atoms with Crippen molar-refractivity contribution in [3.63, 3.8) is 0 Å². The third-order valence-corrected chi connectivity index (χ3v) is 4.17. The maximum Gasteiger partial charge on any atom is 0.249 e. The van der Waals surface area contributed by atoms with Crippen LogP contribution in [0.15, 0.2) is 24.3 Å². The van der Waals surface area contributed by atoms with Crippen molar-refractivity contribution >= 4 is 29.9 Å². The lowest BCUT2D eigenvalue weighted by atomic mass is 9.96. The SMILES string of the molecule is CCCC(C)(N)C(=O)NC1CCN(c2ccccc2OC)C1=O.Cl. The number of para-hydroxylation sites is 2. The summed E-state index contributed by atoms with van der Waals surface area (Å²) in [5, 5.41) is 2.79. The van der Waals surface area contributed by atoms with Gasteiger partial charge in [0.2, 0.25) is 11.8 Å². The van der Waals surface area contributed by atoms with E-state index >= 15 is 0 Å². The maximum absolute atomic E-state index is 12.6. The Bertz CT molecular complexity index is 592. The molecule has 24 heavy (non-hydrogen) atoms. The summed E-state index contributed by atoms with van der Waals surface area (Å²) in [6.45, 7) is 4.21. The molecule has 7 heteroatoms. The molecule has 134 valence electrons. The minimum atomic E-state index is -0.952. The highest BCUT2D eigenvalue weighted by Gasteiger charge is 2.37. The van der Waals surface area contributed by atoms with Crippen molar-refractivity contribution in [1.29, 1.82) is 0 Å². The molecule has 0 bridgehead atoms. The summed E-state index contributed by atoms with van der Waals surface area (Å²) in [6, 6.07) is 6.83. The number of nitrogens with two attached hydrogens (primary N) is 1. The van der Waals surface area contributed by atoms with Crippen LogP contribution in [0, 0.1) is 0 Å². The van der Waals surface area contributed by atoms with Crippen molar-refractivity contribution in [3.8, 4) is 5.75 Å². The third kappa shape index (κ3) is 4.19. The molecule has 0 radical (unpaired) electrons. The predicted octanol–water partition coefficient (Wildman–Crippen LogP) is 1.86. The maximum atomic E-state index is 12.6. The molecule has 3 N–H and O–H groups in total. The summed E-state index contributed by atoms with van der Waals surface area (Å²) < 4.78 is 5.31. The number of amides is 2. The van der Waals surface area contributed by atoms with Crippen molar-refractivity contribution in [2.45, 2.75) is 44.7 Å². The van der Waals surface area contributed by atoms with E-state index in [2.05, 4.69) is 5.32 Å². The summed E-state index contributed by atoms with van der Waals surface area (Å²) in [5.41, 5.74) is 5.80. The lowest BCUT2D eigenvalue weighted by molar-refractivity contribution is -0.130. The van der Waals surface area contributed by atoms with Gasteiger partial charge >= 0.3 is 0 Å². The minimum Gasteiger partial charge on any atom is -0.495 e. The van der Waals surface area contributed by atoms with Crippen LogP contribution < -0.4 is 20.7 Å². The van der Waals surface area contributed by atoms with Gasteiger partial charge in [0.05, 0.1) is 18.3 Å². The summed E-state index contributed by atoms with van der Waals surface area (Å²) in [7, 11) is 1.57. The average molecular weight is 356 g/mol. The third-order valence-electron chi connectivity index (χ3n) is 4.17. The molecule has 0 aromatic heterocycles. The van der Waals surface area contributed by atoms with E-state index in [-0.39, 0.29) is 24.2 Å². The molecule has 1 aromatic carbocycles. The van der Waals surface area contributed by atoms with Gasteiger partial charge in [-0.15, -0.1) is 12.4 Å². The zero-order valence-corrected chi connectivity index (χ0v) is 15.2. The van der Waals surface area contributed by atoms with Gasteiger partial charge in [0.1, 0.15) is 11.8 Å². The number of carbonyl (C=O) groups excluding carboxylic acids is 2. The molecule has 6 nitrogen and oxygen atoms in total. The number of rotatable bonds is 6. The predicted molar refractivity (Wildman–Crippen MR) is 96.6 cm³/mol. The van der Waals surface area contributed by atoms with Crippen LogP contribution in [-0.4, -0.2) is 37.0 Å². The standard InChI is InChI=1S/C17H25N3O3.ClH/c1-4-10-17(2,18)16(22)19-12-9-11-20(15(12)21)13-7-5-6-8-14(13)23-3;/h5-8,12H,4,9-11,18H2,1-3H3,(H,19,22);1H. The number of hydrogen-bond donors (Lipinski definition) is 2. The van der Waals surface area contributed by atoms with Crippen molar-refractivity contribution in [2.24, 2.45) is 5.73 Å². The first-order chi connectivity index (χ1) is 10.9. The van der Waals surface area contributed by atoms with E-state index < -0.39 is 11.6 Å². The number of anilines is 1. The Morgan fingerprint density at radius 1 is 1.46 bits per heavy atom. The molecule has 2 atom stereocenters. The second-order valence-electron chi connectivity index (χ2n) is 6.14. The number of carbonyl (C=O) groups is 2. The minimum absolute atomic E-state index is 0. The Labute approximate surface area is 149 Å². The van der Waals surface area contributed by atoms with Crippen LogP contribution in [0.25, 0.3) is 0 Å². The van der Waals surface area contributed by atoms with E-state index in [1.54, 1.807) is 18.9 Å². The lowest BCUT2D eigenvalue weighted by Gasteiger charge is -2.25. The van der Waals surface area contributed by atoms with Crippen LogP contribution in [0.2, 0.25) is 0 Å². The van der Waals surface area contributed by atoms with Crippen LogP contribution in [0.1, 0.15) is 33.1 Å². The highest BCUT2D eigenvalue weighted by molar-refractivity contribution is 6.03. The largest absolute Gasteiger partial charge is 0.495 e. The fourth-order valence-corrected chi connectivity index (χ4v) is 2.86. The molecule has 2 amide bonds. The molecule has 1 heterocycles. The van der Waals surface area contributed by atoms with Crippen LogP contribution in [0.4, 0.5) is 5.69 Å². The number of halogens is 1. The molecule has 2 rings (SSSR count). The first-order valence-electron chi connectivity index (χ1n) is 7.95. The van der Waals surface area contributed by atoms with Crippen molar-refractivity contribution < 1.29 is 14.3 Å². The van der Waals surface area contributed by atoms with E-state index in [9.17, 15) is 9.59 Å². The van der Waals surface area contributed by atoms with Gasteiger partial charge in [-0.1, -0.05) is 25.5 Å². The van der Waals surface area contributed by atoms with Crippen LogP contribution in [0.5, 0.6) is 5.75 Å². The number of benzene rings is 1. The van der Waals surface area contributed by atoms with E-state index in [1.165, 1.54) is 0 Å². The smallest absolute Gasteiger partial charge is 0.249 e. The average Bonchev–Trinajstić information content (AvgIpc) is 2.88. The second-order valence-corrected chi connectivity index (χ2v) is 6.14. The van der Waals surface area contributed by atoms with Crippen molar-refractivity contribution in [3.05, 3.63) is 24.3 Å². The number of nitrogens with one attached hydrogen (secondary N) is 1. The van der Waals surface area contributed by atoms with Gasteiger partial charge in [0.15, 0.2) is 0 Å². The summed E-state index contributed by atoms with van der Waals surface area (Å²) in [5.74, 6) is 0.234. The molecular weight excluding hydrogens is 330 g/mol. The number of methoxy groups -OCH3 is 1. The first-order valence-corrected chi connectivity index (χ1v) is 7.95. The van der Waals surface area contributed by atoms with Crippen molar-refractivity contribution in [1.82, 2.24) is 5.32 Å². The zero-order valence-electron chi connectivity index (χ0n) is 14.4. The van der Waals surface area contributed by atoms with Gasteiger partial charge in [0, 0.05) is 6.54 Å². The molecule has 0 spiro atoms. The molecule has 1 fully saturated rings. The molecule has 1 aliphatic heterocycles. The molecule has 0 saturated carbocycles. The van der Waals surface area contributed by atoms with Gasteiger partial charge in [-0.2, -0.15) is 0 Å². The van der Waals surface area contributed by atoms with Gasteiger partial charge in [0.25, 0.3) is 0 Å². The Morgan fingerprint density at radius 3 is 2.75 bits per heavy atom.